The number of carbonyl (C=O) groups is 5. The Bertz CT molecular complexity index is 1610. The molecular weight excluding hydrogens is 678 g/mol. The largest absolute Gasteiger partial charge is 0.507 e. The van der Waals surface area contributed by atoms with E-state index < -0.39 is 41.9 Å². The highest BCUT2D eigenvalue weighted by Crippen LogP contribution is 2.39. The molecule has 1 heterocycles. The molecule has 1 aliphatic rings. The van der Waals surface area contributed by atoms with Crippen LogP contribution in [0.25, 0.3) is 11.1 Å². The molecule has 0 saturated heterocycles. The number of nitrogens with one attached hydrogen (secondary N) is 4. The molecule has 5 amide bonds. The molecule has 0 saturated carbocycles. The number of primary amides is 1. The summed E-state index contributed by atoms with van der Waals surface area (Å²) in [5.74, 6) is -2.78. The van der Waals surface area contributed by atoms with E-state index in [1.807, 2.05) is 0 Å². The van der Waals surface area contributed by atoms with E-state index in [2.05, 4.69) is 34.8 Å². The van der Waals surface area contributed by atoms with Gasteiger partial charge in [0.1, 0.15) is 29.6 Å². The quantitative estimate of drug-likeness (QED) is 0.105. The molecule has 0 fully saturated rings. The highest BCUT2D eigenvalue weighted by Gasteiger charge is 2.33. The molecule has 4 bridgehead atoms. The minimum atomic E-state index is -1.14. The Labute approximate surface area is 312 Å². The van der Waals surface area contributed by atoms with Crippen molar-refractivity contribution in [1.82, 2.24) is 26.2 Å². The summed E-state index contributed by atoms with van der Waals surface area (Å²) >= 11 is 0. The van der Waals surface area contributed by atoms with Gasteiger partial charge in [-0.25, -0.2) is 0 Å². The van der Waals surface area contributed by atoms with Crippen molar-refractivity contribution >= 4 is 29.5 Å². The highest BCUT2D eigenvalue weighted by molar-refractivity contribution is 5.93. The van der Waals surface area contributed by atoms with E-state index in [4.69, 9.17) is 11.5 Å². The van der Waals surface area contributed by atoms with Gasteiger partial charge in [-0.3, -0.25) is 24.0 Å². The maximum atomic E-state index is 14.2. The van der Waals surface area contributed by atoms with Gasteiger partial charge in [-0.15, -0.1) is 0 Å². The normalized spacial score (nSPS) is 17.8. The van der Waals surface area contributed by atoms with Gasteiger partial charge in [-0.1, -0.05) is 51.3 Å². The number of unbranched alkanes of at least 4 members (excludes halogenated alkanes) is 5. The number of phenolic OH excluding ortho intramolecular Hbond substituents is 2. The van der Waals surface area contributed by atoms with Crippen LogP contribution in [0.15, 0.2) is 48.7 Å². The summed E-state index contributed by atoms with van der Waals surface area (Å²) in [5, 5.41) is 33.0. The zero-order valence-corrected chi connectivity index (χ0v) is 31.2. The zero-order valence-electron chi connectivity index (χ0n) is 31.2. The van der Waals surface area contributed by atoms with Crippen LogP contribution in [-0.4, -0.2) is 82.9 Å². The zero-order chi connectivity index (χ0) is 39.1. The van der Waals surface area contributed by atoms with Crippen molar-refractivity contribution in [3.05, 3.63) is 59.8 Å². The van der Waals surface area contributed by atoms with Crippen LogP contribution in [0.4, 0.5) is 0 Å². The Morgan fingerprint density at radius 1 is 0.925 bits per heavy atom. The van der Waals surface area contributed by atoms with Crippen molar-refractivity contribution < 1.29 is 34.2 Å². The van der Waals surface area contributed by atoms with Crippen LogP contribution in [0, 0.1) is 0 Å². The second kappa shape index (κ2) is 20.8. The maximum absolute atomic E-state index is 14.2. The molecule has 2 aromatic carbocycles. The third-order valence-electron chi connectivity index (χ3n) is 9.49. The Balaban J connectivity index is 1.92. The van der Waals surface area contributed by atoms with Gasteiger partial charge >= 0.3 is 0 Å². The van der Waals surface area contributed by atoms with Gasteiger partial charge in [-0.2, -0.15) is 0 Å². The minimum absolute atomic E-state index is 0.00339. The number of nitrogens with zero attached hydrogens (tertiary/aromatic N) is 1. The van der Waals surface area contributed by atoms with Crippen molar-refractivity contribution in [1.29, 1.82) is 0 Å². The second-order valence-corrected chi connectivity index (χ2v) is 13.7. The molecule has 290 valence electrons. The lowest BCUT2D eigenvalue weighted by molar-refractivity contribution is -0.132. The number of hydrogen-bond acceptors (Lipinski definition) is 9. The number of phenols is 2. The Kier molecular flexibility index (Phi) is 16.6. The van der Waals surface area contributed by atoms with Crippen LogP contribution in [0.5, 0.6) is 11.5 Å². The van der Waals surface area contributed by atoms with Crippen molar-refractivity contribution in [3.63, 3.8) is 0 Å². The number of carbonyl (C=O) groups excluding carboxylic acids is 5. The van der Waals surface area contributed by atoms with Gasteiger partial charge in [0.2, 0.25) is 29.5 Å². The number of aromatic hydroxyl groups is 2. The monoisotopic (exact) mass is 735 g/mol. The summed E-state index contributed by atoms with van der Waals surface area (Å²) in [6, 6.07) is 5.15. The Morgan fingerprint density at radius 2 is 1.60 bits per heavy atom. The van der Waals surface area contributed by atoms with Crippen LogP contribution in [0.1, 0.15) is 95.2 Å². The van der Waals surface area contributed by atoms with E-state index in [-0.39, 0.29) is 53.8 Å². The number of amides is 5. The molecule has 2 aromatic rings. The lowest BCUT2D eigenvalue weighted by Crippen LogP contribution is -2.54. The maximum Gasteiger partial charge on any atom is 0.247 e. The minimum Gasteiger partial charge on any atom is -0.507 e. The number of benzene rings is 2. The highest BCUT2D eigenvalue weighted by atomic mass is 16.3. The molecule has 0 radical (unpaired) electrons. The smallest absolute Gasteiger partial charge is 0.247 e. The van der Waals surface area contributed by atoms with Crippen LogP contribution >= 0.6 is 0 Å². The number of hydrogen-bond donors (Lipinski definition) is 8. The lowest BCUT2D eigenvalue weighted by atomic mass is 9.93. The van der Waals surface area contributed by atoms with Gasteiger partial charge in [0.25, 0.3) is 0 Å². The molecule has 0 aromatic heterocycles. The van der Waals surface area contributed by atoms with E-state index in [0.717, 1.165) is 32.1 Å². The predicted molar refractivity (Wildman–Crippen MR) is 203 cm³/mol. The van der Waals surface area contributed by atoms with Gasteiger partial charge < -0.3 is 47.8 Å². The van der Waals surface area contributed by atoms with E-state index in [0.29, 0.717) is 49.1 Å². The summed E-state index contributed by atoms with van der Waals surface area (Å²) in [7, 11) is 1.64. The fraction of sp³-hybridized carbons (Fsp3) is 0.513. The molecule has 14 heteroatoms. The van der Waals surface area contributed by atoms with Crippen LogP contribution in [0.3, 0.4) is 0 Å². The SMILES string of the molecule is C=C([C@H](CCCCN)NC(=O)CCNC(=O)CCCCCCC)N(C)[C@@H]1C(=O)N[C@@H](C)C(=O)N[C@H](C(N)=O)Cc2ccc(O)c(c2)-c2cc1ccc2O. The summed E-state index contributed by atoms with van der Waals surface area (Å²) < 4.78 is 0. The van der Waals surface area contributed by atoms with E-state index in [1.54, 1.807) is 36.2 Å². The summed E-state index contributed by atoms with van der Waals surface area (Å²) in [6.07, 6.45) is 7.40. The van der Waals surface area contributed by atoms with Gasteiger partial charge in [0.05, 0.1) is 6.04 Å². The molecular formula is C39H57N7O7. The van der Waals surface area contributed by atoms with Crippen LogP contribution in [-0.2, 0) is 30.4 Å². The second-order valence-electron chi connectivity index (χ2n) is 13.7. The standard InChI is InChI=1S/C39H57N7O7/c1-5-6-7-8-9-13-34(49)42-20-18-35(50)44-30(12-10-11-19-40)25(3)46(4)36-27-15-17-33(48)29(23-27)28-21-26(14-16-32(28)47)22-31(37(41)51)45-38(52)24(2)43-39(36)53/h14-17,21,23-24,30-31,36,47-48H,3,5-13,18-20,22,40H2,1-2,4H3,(H2,41,51)(H,42,49)(H,43,53)(H,44,50)(H,45,52)/t24-,30-,31-,36-/m0/s1. The topological polar surface area (TPSA) is 229 Å². The van der Waals surface area contributed by atoms with Crippen LogP contribution in [0.2, 0.25) is 0 Å². The molecule has 4 atom stereocenters. The number of fused-ring (bicyclic) bond motifs is 5. The Hall–Kier alpha value is -5.11. The first kappa shape index (κ1) is 42.3. The molecule has 10 N–H and O–H groups in total. The number of nitrogens with two attached hydrogens (primary N) is 2. The molecule has 0 aliphatic carbocycles. The van der Waals surface area contributed by atoms with E-state index >= 15 is 0 Å². The third-order valence-corrected chi connectivity index (χ3v) is 9.49. The fourth-order valence-corrected chi connectivity index (χ4v) is 6.32. The molecule has 14 nitrogen and oxygen atoms in total. The predicted octanol–water partition coefficient (Wildman–Crippen LogP) is 2.76. The van der Waals surface area contributed by atoms with Gasteiger partial charge in [0.15, 0.2) is 0 Å². The van der Waals surface area contributed by atoms with Gasteiger partial charge in [0, 0.05) is 49.7 Å². The average Bonchev–Trinajstić information content (AvgIpc) is 3.11. The van der Waals surface area contributed by atoms with E-state index in [1.165, 1.54) is 19.1 Å². The van der Waals surface area contributed by atoms with Crippen molar-refractivity contribution in [3.8, 4) is 22.6 Å². The summed E-state index contributed by atoms with van der Waals surface area (Å²) in [4.78, 5) is 66.8. The summed E-state index contributed by atoms with van der Waals surface area (Å²) in [6.45, 7) is 8.51. The molecule has 53 heavy (non-hydrogen) atoms. The number of rotatable bonds is 18. The molecule has 0 spiro atoms. The number of likely N-dealkylation sites (N-methyl/N-ethyl adjacent to an activating group) is 1. The van der Waals surface area contributed by atoms with Crippen molar-refractivity contribution in [2.75, 3.05) is 20.1 Å². The average molecular weight is 736 g/mol. The molecule has 0 unspecified atom stereocenters. The molecule has 3 rings (SSSR count). The van der Waals surface area contributed by atoms with Crippen molar-refractivity contribution in [2.24, 2.45) is 11.5 Å². The van der Waals surface area contributed by atoms with Crippen molar-refractivity contribution in [2.45, 2.75) is 109 Å². The first-order valence-corrected chi connectivity index (χ1v) is 18.5. The Morgan fingerprint density at radius 3 is 2.28 bits per heavy atom. The first-order valence-electron chi connectivity index (χ1n) is 18.5. The van der Waals surface area contributed by atoms with Crippen LogP contribution < -0.4 is 32.7 Å². The third kappa shape index (κ3) is 12.5. The molecule has 1 aliphatic heterocycles. The lowest BCUT2D eigenvalue weighted by Gasteiger charge is -2.36. The fourth-order valence-electron chi connectivity index (χ4n) is 6.32. The van der Waals surface area contributed by atoms with E-state index in [9.17, 15) is 34.2 Å². The summed E-state index contributed by atoms with van der Waals surface area (Å²) in [5.41, 5.74) is 13.2. The van der Waals surface area contributed by atoms with Gasteiger partial charge in [-0.05, 0) is 74.5 Å². The first-order chi connectivity index (χ1) is 25.3.